The summed E-state index contributed by atoms with van der Waals surface area (Å²) < 4.78 is 17.2. The van der Waals surface area contributed by atoms with Crippen LogP contribution in [0.5, 0.6) is 11.5 Å². The minimum atomic E-state index is -0.213. The van der Waals surface area contributed by atoms with E-state index in [1.165, 1.54) is 13.2 Å². The highest BCUT2D eigenvalue weighted by atomic mass is 16.5. The second kappa shape index (κ2) is 7.64. The highest BCUT2D eigenvalue weighted by molar-refractivity contribution is 6.00. The van der Waals surface area contributed by atoms with Crippen LogP contribution >= 0.6 is 0 Å². The molecule has 0 radical (unpaired) electrons. The molecule has 0 aliphatic rings. The van der Waals surface area contributed by atoms with E-state index in [1.807, 2.05) is 30.3 Å². The Kier molecular flexibility index (Phi) is 4.87. The molecule has 0 atom stereocenters. The van der Waals surface area contributed by atoms with Crippen molar-refractivity contribution in [2.45, 2.75) is 0 Å². The smallest absolute Gasteiger partial charge is 0.197 e. The first kappa shape index (κ1) is 18.5. The molecule has 0 saturated carbocycles. The van der Waals surface area contributed by atoms with Crippen molar-refractivity contribution in [2.75, 3.05) is 14.2 Å². The summed E-state index contributed by atoms with van der Waals surface area (Å²) in [6.07, 6.45) is 0.779. The lowest BCUT2D eigenvalue weighted by Crippen LogP contribution is -2.05. The molecule has 0 amide bonds. The SMILES string of the molecule is COc1cc(OC)c2c(=O)cc(-c3ccccc3)oc2c1-c1ccc(C=O)cc1. The number of benzene rings is 3. The number of aldehydes is 1. The van der Waals surface area contributed by atoms with Gasteiger partial charge >= 0.3 is 0 Å². The van der Waals surface area contributed by atoms with Crippen LogP contribution in [-0.4, -0.2) is 20.5 Å². The van der Waals surface area contributed by atoms with Crippen LogP contribution in [0.15, 0.2) is 75.9 Å². The van der Waals surface area contributed by atoms with Gasteiger partial charge in [0.25, 0.3) is 0 Å². The van der Waals surface area contributed by atoms with Crippen molar-refractivity contribution < 1.29 is 18.7 Å². The summed E-state index contributed by atoms with van der Waals surface area (Å²) >= 11 is 0. The lowest BCUT2D eigenvalue weighted by Gasteiger charge is -2.15. The molecule has 4 rings (SSSR count). The normalized spacial score (nSPS) is 10.7. The fourth-order valence-corrected chi connectivity index (χ4v) is 3.35. The van der Waals surface area contributed by atoms with Crippen molar-refractivity contribution in [2.24, 2.45) is 0 Å². The van der Waals surface area contributed by atoms with Gasteiger partial charge in [0.05, 0.1) is 19.8 Å². The molecule has 144 valence electrons. The largest absolute Gasteiger partial charge is 0.496 e. The molecular weight excluding hydrogens is 368 g/mol. The second-order valence-electron chi connectivity index (χ2n) is 6.44. The standard InChI is InChI=1S/C24H18O5/c1-27-20-13-21(28-2)23-18(26)12-19(16-6-4-3-5-7-16)29-24(23)22(20)17-10-8-15(14-25)9-11-17/h3-14H,1-2H3. The summed E-state index contributed by atoms with van der Waals surface area (Å²) in [7, 11) is 3.04. The van der Waals surface area contributed by atoms with Crippen LogP contribution in [0.4, 0.5) is 0 Å². The average molecular weight is 386 g/mol. The van der Waals surface area contributed by atoms with Gasteiger partial charge in [-0.15, -0.1) is 0 Å². The first-order valence-electron chi connectivity index (χ1n) is 9.00. The first-order valence-corrected chi connectivity index (χ1v) is 9.00. The Morgan fingerprint density at radius 2 is 1.52 bits per heavy atom. The van der Waals surface area contributed by atoms with E-state index in [2.05, 4.69) is 0 Å². The maximum absolute atomic E-state index is 13.0. The van der Waals surface area contributed by atoms with Crippen LogP contribution < -0.4 is 14.9 Å². The van der Waals surface area contributed by atoms with E-state index >= 15 is 0 Å². The molecule has 3 aromatic carbocycles. The van der Waals surface area contributed by atoms with Gasteiger partial charge < -0.3 is 13.9 Å². The van der Waals surface area contributed by atoms with Gasteiger partial charge in [0.1, 0.15) is 28.9 Å². The number of carbonyl (C=O) groups excluding carboxylic acids is 1. The van der Waals surface area contributed by atoms with Crippen molar-refractivity contribution in [1.29, 1.82) is 0 Å². The van der Waals surface area contributed by atoms with Gasteiger partial charge in [-0.05, 0) is 5.56 Å². The third-order valence-corrected chi connectivity index (χ3v) is 4.76. The van der Waals surface area contributed by atoms with Gasteiger partial charge in [-0.2, -0.15) is 0 Å². The summed E-state index contributed by atoms with van der Waals surface area (Å²) in [6, 6.07) is 19.5. The van der Waals surface area contributed by atoms with Crippen molar-refractivity contribution in [3.05, 3.63) is 82.5 Å². The van der Waals surface area contributed by atoms with E-state index in [0.29, 0.717) is 39.4 Å². The fraction of sp³-hybridized carbons (Fsp3) is 0.0833. The highest BCUT2D eigenvalue weighted by Gasteiger charge is 2.21. The zero-order valence-corrected chi connectivity index (χ0v) is 16.0. The summed E-state index contributed by atoms with van der Waals surface area (Å²) in [6.45, 7) is 0. The molecule has 5 heteroatoms. The fourth-order valence-electron chi connectivity index (χ4n) is 3.35. The molecule has 4 aromatic rings. The predicted octanol–water partition coefficient (Wildman–Crippen LogP) is 4.96. The number of methoxy groups -OCH3 is 2. The van der Waals surface area contributed by atoms with Crippen LogP contribution in [0.2, 0.25) is 0 Å². The van der Waals surface area contributed by atoms with E-state index in [0.717, 1.165) is 17.4 Å². The van der Waals surface area contributed by atoms with Gasteiger partial charge in [-0.3, -0.25) is 9.59 Å². The van der Waals surface area contributed by atoms with Gasteiger partial charge in [-0.25, -0.2) is 0 Å². The summed E-state index contributed by atoms with van der Waals surface area (Å²) in [4.78, 5) is 24.0. The Balaban J connectivity index is 2.10. The molecular formula is C24H18O5. The summed E-state index contributed by atoms with van der Waals surface area (Å²) in [5.41, 5.74) is 2.87. The molecule has 1 aromatic heterocycles. The van der Waals surface area contributed by atoms with Gasteiger partial charge in [-0.1, -0.05) is 54.6 Å². The first-order chi connectivity index (χ1) is 14.2. The molecule has 0 spiro atoms. The lowest BCUT2D eigenvalue weighted by atomic mass is 9.99. The number of rotatable bonds is 5. The van der Waals surface area contributed by atoms with E-state index in [4.69, 9.17) is 13.9 Å². The Labute approximate surface area is 167 Å². The Bertz CT molecular complexity index is 1240. The molecule has 5 nitrogen and oxygen atoms in total. The zero-order chi connectivity index (χ0) is 20.4. The van der Waals surface area contributed by atoms with Crippen molar-refractivity contribution in [3.8, 4) is 33.9 Å². The van der Waals surface area contributed by atoms with Crippen molar-refractivity contribution in [1.82, 2.24) is 0 Å². The van der Waals surface area contributed by atoms with Gasteiger partial charge in [0.2, 0.25) is 0 Å². The maximum Gasteiger partial charge on any atom is 0.197 e. The predicted molar refractivity (Wildman–Crippen MR) is 112 cm³/mol. The van der Waals surface area contributed by atoms with Crippen LogP contribution in [-0.2, 0) is 0 Å². The van der Waals surface area contributed by atoms with Crippen LogP contribution in [0.1, 0.15) is 10.4 Å². The zero-order valence-electron chi connectivity index (χ0n) is 16.0. The second-order valence-corrected chi connectivity index (χ2v) is 6.44. The molecule has 29 heavy (non-hydrogen) atoms. The number of hydrogen-bond donors (Lipinski definition) is 0. The van der Waals surface area contributed by atoms with E-state index in [1.54, 1.807) is 37.4 Å². The Hall–Kier alpha value is -3.86. The molecule has 0 aliphatic heterocycles. The number of fused-ring (bicyclic) bond motifs is 1. The third kappa shape index (κ3) is 3.27. The molecule has 0 aliphatic carbocycles. The highest BCUT2D eigenvalue weighted by Crippen LogP contribution is 2.42. The van der Waals surface area contributed by atoms with Gasteiger partial charge in [0.15, 0.2) is 11.0 Å². The number of carbonyl (C=O) groups is 1. The molecule has 0 bridgehead atoms. The summed E-state index contributed by atoms with van der Waals surface area (Å²) in [5.74, 6) is 1.32. The van der Waals surface area contributed by atoms with Crippen LogP contribution in [0.25, 0.3) is 33.4 Å². The van der Waals surface area contributed by atoms with Crippen LogP contribution in [0.3, 0.4) is 0 Å². The number of ether oxygens (including phenoxy) is 2. The average Bonchev–Trinajstić information content (AvgIpc) is 2.78. The van der Waals surface area contributed by atoms with E-state index < -0.39 is 0 Å². The minimum Gasteiger partial charge on any atom is -0.496 e. The lowest BCUT2D eigenvalue weighted by molar-refractivity contribution is 0.112. The molecule has 0 saturated heterocycles. The topological polar surface area (TPSA) is 65.7 Å². The molecule has 1 heterocycles. The van der Waals surface area contributed by atoms with Gasteiger partial charge in [0, 0.05) is 23.3 Å². The maximum atomic E-state index is 13.0. The van der Waals surface area contributed by atoms with E-state index in [9.17, 15) is 9.59 Å². The molecule has 0 N–H and O–H groups in total. The van der Waals surface area contributed by atoms with Crippen LogP contribution in [0, 0.1) is 0 Å². The summed E-state index contributed by atoms with van der Waals surface area (Å²) in [5, 5.41) is 0.336. The number of hydrogen-bond acceptors (Lipinski definition) is 5. The quantitative estimate of drug-likeness (QED) is 0.454. The Morgan fingerprint density at radius 1 is 0.828 bits per heavy atom. The minimum absolute atomic E-state index is 0.213. The molecule has 0 unspecified atom stereocenters. The molecule has 0 fully saturated rings. The Morgan fingerprint density at radius 3 is 2.14 bits per heavy atom. The van der Waals surface area contributed by atoms with Crippen molar-refractivity contribution in [3.63, 3.8) is 0 Å². The van der Waals surface area contributed by atoms with Crippen molar-refractivity contribution >= 4 is 17.3 Å². The monoisotopic (exact) mass is 386 g/mol. The third-order valence-electron chi connectivity index (χ3n) is 4.76. The van der Waals surface area contributed by atoms with E-state index in [-0.39, 0.29) is 5.43 Å².